The van der Waals surface area contributed by atoms with Crippen LogP contribution >= 0.6 is 11.6 Å². The van der Waals surface area contributed by atoms with Crippen molar-refractivity contribution in [3.05, 3.63) is 97.3 Å². The number of carbonyl (C=O) groups excluding carboxylic acids is 1. The fourth-order valence-electron chi connectivity index (χ4n) is 7.69. The maximum atomic E-state index is 13.2. The summed E-state index contributed by atoms with van der Waals surface area (Å²) < 4.78 is 14.3. The quantitative estimate of drug-likeness (QED) is 0.268. The monoisotopic (exact) mass is 693 g/mol. The number of hydrogen-bond donors (Lipinski definition) is 2. The lowest BCUT2D eigenvalue weighted by Gasteiger charge is -2.53. The highest BCUT2D eigenvalue weighted by molar-refractivity contribution is 6.36. The number of fused-ring (bicyclic) bond motifs is 2. The molecule has 2 fully saturated rings. The van der Waals surface area contributed by atoms with Crippen molar-refractivity contribution in [2.75, 3.05) is 38.7 Å². The summed E-state index contributed by atoms with van der Waals surface area (Å²) in [5, 5.41) is 7.17. The van der Waals surface area contributed by atoms with Gasteiger partial charge in [-0.05, 0) is 54.7 Å². The van der Waals surface area contributed by atoms with E-state index in [1.165, 1.54) is 17.2 Å². The molecule has 1 atom stereocenters. The summed E-state index contributed by atoms with van der Waals surface area (Å²) in [6.45, 7) is 4.12. The fraction of sp³-hybridized carbons (Fsp3) is 0.324. The van der Waals surface area contributed by atoms with Crippen LogP contribution in [0.15, 0.2) is 64.3 Å². The smallest absolute Gasteiger partial charge is 0.330 e. The molecule has 0 bridgehead atoms. The number of likely N-dealkylation sites (tertiary alicyclic amines) is 1. The average molecular weight is 694 g/mol. The first-order valence-corrected chi connectivity index (χ1v) is 16.9. The van der Waals surface area contributed by atoms with Gasteiger partial charge in [0.15, 0.2) is 0 Å². The van der Waals surface area contributed by atoms with E-state index < -0.39 is 11.2 Å². The molecule has 2 N–H and O–H groups in total. The molecular weight excluding hydrogens is 658 g/mol. The van der Waals surface area contributed by atoms with Gasteiger partial charge in [-0.1, -0.05) is 41.9 Å². The van der Waals surface area contributed by atoms with Crippen molar-refractivity contribution in [3.8, 4) is 28.3 Å². The lowest BCUT2D eigenvalue weighted by atomic mass is 9.89. The van der Waals surface area contributed by atoms with Crippen molar-refractivity contribution in [1.29, 1.82) is 0 Å². The highest BCUT2D eigenvalue weighted by atomic mass is 35.5. The van der Waals surface area contributed by atoms with Crippen LogP contribution < -0.4 is 26.6 Å². The predicted molar refractivity (Wildman–Crippen MR) is 191 cm³/mol. The highest BCUT2D eigenvalue weighted by Crippen LogP contribution is 2.47. The lowest BCUT2D eigenvalue weighted by Crippen LogP contribution is -2.70. The third-order valence-corrected chi connectivity index (χ3v) is 10.8. The SMILES string of the molecule is COc1nc(-c2cccc(-c3cccc(Nc4nccc5c4c(=O)n(C)c(=O)n5C)c3C)c2Cl)cc2c1[C@@H](N1CC3(CNC(=O)CO3)C1)CC2. The van der Waals surface area contributed by atoms with E-state index in [1.807, 2.05) is 43.3 Å². The Kier molecular flexibility index (Phi) is 7.77. The number of anilines is 2. The zero-order valence-corrected chi connectivity index (χ0v) is 28.9. The highest BCUT2D eigenvalue weighted by Gasteiger charge is 2.50. The van der Waals surface area contributed by atoms with Gasteiger partial charge in [0, 0.05) is 68.3 Å². The van der Waals surface area contributed by atoms with Crippen LogP contribution in [-0.4, -0.2) is 68.9 Å². The third-order valence-electron chi connectivity index (χ3n) is 10.4. The molecule has 1 amide bonds. The van der Waals surface area contributed by atoms with Crippen molar-refractivity contribution in [2.45, 2.75) is 31.4 Å². The molecule has 256 valence electrons. The normalized spacial score (nSPS) is 18.2. The molecule has 13 heteroatoms. The second kappa shape index (κ2) is 12.1. The summed E-state index contributed by atoms with van der Waals surface area (Å²) in [5.41, 5.74) is 6.55. The Balaban J connectivity index is 1.11. The summed E-state index contributed by atoms with van der Waals surface area (Å²) in [7, 11) is 4.75. The van der Waals surface area contributed by atoms with Gasteiger partial charge in [-0.15, -0.1) is 0 Å². The zero-order valence-electron chi connectivity index (χ0n) is 28.2. The molecule has 12 nitrogen and oxygen atoms in total. The number of morpholine rings is 1. The lowest BCUT2D eigenvalue weighted by molar-refractivity contribution is -0.179. The number of halogens is 1. The van der Waals surface area contributed by atoms with E-state index in [9.17, 15) is 14.4 Å². The maximum absolute atomic E-state index is 13.2. The third kappa shape index (κ3) is 5.09. The van der Waals surface area contributed by atoms with E-state index in [0.717, 1.165) is 69.7 Å². The van der Waals surface area contributed by atoms with E-state index in [-0.39, 0.29) is 24.2 Å². The van der Waals surface area contributed by atoms with Gasteiger partial charge in [-0.2, -0.15) is 0 Å². The number of pyridine rings is 2. The Bertz CT molecular complexity index is 2330. The van der Waals surface area contributed by atoms with Gasteiger partial charge in [0.05, 0.1) is 23.3 Å². The number of nitrogens with one attached hydrogen (secondary N) is 2. The van der Waals surface area contributed by atoms with Gasteiger partial charge in [0.2, 0.25) is 11.8 Å². The van der Waals surface area contributed by atoms with Gasteiger partial charge < -0.3 is 20.1 Å². The van der Waals surface area contributed by atoms with Crippen LogP contribution in [0.5, 0.6) is 5.88 Å². The number of aromatic nitrogens is 4. The number of nitrogens with zero attached hydrogens (tertiary/aromatic N) is 5. The van der Waals surface area contributed by atoms with Crippen molar-refractivity contribution >= 4 is 39.9 Å². The van der Waals surface area contributed by atoms with Gasteiger partial charge in [0.1, 0.15) is 23.4 Å². The van der Waals surface area contributed by atoms with Crippen molar-refractivity contribution in [3.63, 3.8) is 0 Å². The summed E-state index contributed by atoms with van der Waals surface area (Å²) in [4.78, 5) is 49.2. The number of amides is 1. The first-order chi connectivity index (χ1) is 24.1. The van der Waals surface area contributed by atoms with Gasteiger partial charge in [-0.25, -0.2) is 14.8 Å². The Labute approximate surface area is 292 Å². The van der Waals surface area contributed by atoms with E-state index in [4.69, 9.17) is 26.1 Å². The van der Waals surface area contributed by atoms with Gasteiger partial charge in [0.25, 0.3) is 5.56 Å². The first kappa shape index (κ1) is 32.2. The molecule has 2 aromatic carbocycles. The van der Waals surface area contributed by atoms with Crippen LogP contribution in [0.25, 0.3) is 33.3 Å². The Morgan fingerprint density at radius 2 is 1.80 bits per heavy atom. The van der Waals surface area contributed by atoms with Crippen molar-refractivity contribution < 1.29 is 14.3 Å². The Morgan fingerprint density at radius 1 is 1.04 bits per heavy atom. The van der Waals surface area contributed by atoms with Crippen molar-refractivity contribution in [1.82, 2.24) is 29.3 Å². The number of rotatable bonds is 6. The minimum absolute atomic E-state index is 0.0672. The molecule has 8 rings (SSSR count). The van der Waals surface area contributed by atoms with Crippen molar-refractivity contribution in [2.24, 2.45) is 14.1 Å². The molecule has 1 aliphatic carbocycles. The molecule has 0 saturated carbocycles. The van der Waals surface area contributed by atoms with Crippen LogP contribution in [0.4, 0.5) is 11.5 Å². The fourth-order valence-corrected chi connectivity index (χ4v) is 8.01. The van der Waals surface area contributed by atoms with Gasteiger partial charge >= 0.3 is 5.69 Å². The molecule has 5 aromatic rings. The molecule has 2 aliphatic heterocycles. The Hall–Kier alpha value is -5.04. The van der Waals surface area contributed by atoms with Crippen LogP contribution in [0, 0.1) is 6.92 Å². The molecule has 2 saturated heterocycles. The zero-order chi connectivity index (χ0) is 34.9. The number of benzene rings is 2. The standard InChI is InChI=1S/C37H36ClN7O5/c1-20-22(7-6-10-25(20)41-33-31-27(13-14-39-33)43(2)36(48)44(3)35(31)47)23-8-5-9-24(32(23)38)26-15-21-11-12-28(30(21)34(42-26)49-4)45-18-37(19-45)17-40-29(46)16-50-37/h5-10,13-15,28H,11-12,16-19H2,1-4H3,(H,39,41)(H,40,46)/t28-/m0/s1. The summed E-state index contributed by atoms with van der Waals surface area (Å²) in [6, 6.07) is 15.7. The maximum Gasteiger partial charge on any atom is 0.330 e. The van der Waals surface area contributed by atoms with E-state index in [0.29, 0.717) is 34.2 Å². The average Bonchev–Trinajstić information content (AvgIpc) is 3.54. The number of aryl methyl sites for hydroxylation is 2. The molecule has 1 spiro atoms. The summed E-state index contributed by atoms with van der Waals surface area (Å²) in [6.07, 6.45) is 3.41. The first-order valence-electron chi connectivity index (χ1n) is 16.5. The van der Waals surface area contributed by atoms with Crippen LogP contribution in [0.2, 0.25) is 5.02 Å². The van der Waals surface area contributed by atoms with E-state index in [1.54, 1.807) is 26.4 Å². The molecular formula is C37H36ClN7O5. The minimum atomic E-state index is -0.422. The summed E-state index contributed by atoms with van der Waals surface area (Å²) in [5.74, 6) is 0.884. The molecule has 3 aliphatic rings. The van der Waals surface area contributed by atoms with Crippen LogP contribution in [0.1, 0.15) is 29.2 Å². The topological polar surface area (TPSA) is 133 Å². The largest absolute Gasteiger partial charge is 0.481 e. The molecule has 0 unspecified atom stereocenters. The van der Waals surface area contributed by atoms with Gasteiger partial charge in [-0.3, -0.25) is 23.6 Å². The van der Waals surface area contributed by atoms with E-state index in [2.05, 4.69) is 26.6 Å². The minimum Gasteiger partial charge on any atom is -0.481 e. The number of carbonyl (C=O) groups is 1. The number of ether oxygens (including phenoxy) is 2. The van der Waals surface area contributed by atoms with Crippen LogP contribution in [0.3, 0.4) is 0 Å². The number of methoxy groups -OCH3 is 1. The number of hydrogen-bond acceptors (Lipinski definition) is 9. The van der Waals surface area contributed by atoms with Crippen LogP contribution in [-0.2, 0) is 30.0 Å². The molecule has 50 heavy (non-hydrogen) atoms. The second-order valence-electron chi connectivity index (χ2n) is 13.3. The second-order valence-corrected chi connectivity index (χ2v) is 13.7. The summed E-state index contributed by atoms with van der Waals surface area (Å²) >= 11 is 7.22. The Morgan fingerprint density at radius 3 is 2.56 bits per heavy atom. The molecule has 3 aromatic heterocycles. The molecule has 0 radical (unpaired) electrons. The van der Waals surface area contributed by atoms with E-state index >= 15 is 0 Å². The molecule has 5 heterocycles. The predicted octanol–water partition coefficient (Wildman–Crippen LogP) is 4.26.